The van der Waals surface area contributed by atoms with Crippen molar-refractivity contribution in [1.82, 2.24) is 4.90 Å². The van der Waals surface area contributed by atoms with E-state index in [0.29, 0.717) is 44.5 Å². The van der Waals surface area contributed by atoms with Crippen molar-refractivity contribution < 1.29 is 19.0 Å². The van der Waals surface area contributed by atoms with E-state index in [-0.39, 0.29) is 18.3 Å². The lowest BCUT2D eigenvalue weighted by Gasteiger charge is -2.27. The Morgan fingerprint density at radius 3 is 2.50 bits per heavy atom. The van der Waals surface area contributed by atoms with Crippen LogP contribution in [0.5, 0.6) is 5.75 Å². The monoisotopic (exact) mass is 433 g/mol. The number of aliphatic hydroxyl groups is 1. The first-order valence-electron chi connectivity index (χ1n) is 10.4. The molecule has 1 fully saturated rings. The van der Waals surface area contributed by atoms with Gasteiger partial charge in [0.15, 0.2) is 0 Å². The highest BCUT2D eigenvalue weighted by Gasteiger charge is 2.32. The number of ether oxygens (including phenoxy) is 1. The second-order valence-corrected chi connectivity index (χ2v) is 8.62. The molecule has 1 saturated heterocycles. The van der Waals surface area contributed by atoms with Crippen LogP contribution in [0.4, 0.5) is 4.39 Å². The van der Waals surface area contributed by atoms with E-state index in [2.05, 4.69) is 0 Å². The topological polar surface area (TPSA) is 49.8 Å². The summed E-state index contributed by atoms with van der Waals surface area (Å²) < 4.78 is 18.9. The number of hydrogen-bond donors (Lipinski definition) is 1. The normalized spacial score (nSPS) is 19.4. The number of halogens is 2. The Labute approximate surface area is 182 Å². The molecule has 1 heterocycles. The highest BCUT2D eigenvalue weighted by atomic mass is 35.5. The minimum Gasteiger partial charge on any atom is -0.491 e. The van der Waals surface area contributed by atoms with E-state index in [1.807, 2.05) is 30.9 Å². The van der Waals surface area contributed by atoms with Crippen molar-refractivity contribution in [3.05, 3.63) is 63.9 Å². The van der Waals surface area contributed by atoms with Crippen LogP contribution in [0.3, 0.4) is 0 Å². The van der Waals surface area contributed by atoms with Crippen LogP contribution in [0.25, 0.3) is 0 Å². The minimum absolute atomic E-state index is 0.0634. The van der Waals surface area contributed by atoms with E-state index in [1.165, 1.54) is 12.1 Å². The van der Waals surface area contributed by atoms with Gasteiger partial charge in [0.25, 0.3) is 0 Å². The van der Waals surface area contributed by atoms with Crippen molar-refractivity contribution in [1.29, 1.82) is 0 Å². The van der Waals surface area contributed by atoms with Crippen LogP contribution >= 0.6 is 11.6 Å². The Kier molecular flexibility index (Phi) is 7.37. The number of carbonyl (C=O) groups excluding carboxylic acids is 1. The van der Waals surface area contributed by atoms with E-state index < -0.39 is 5.60 Å². The van der Waals surface area contributed by atoms with E-state index in [9.17, 15) is 14.3 Å². The van der Waals surface area contributed by atoms with Crippen LogP contribution < -0.4 is 4.74 Å². The minimum atomic E-state index is -0.965. The lowest BCUT2D eigenvalue weighted by Crippen LogP contribution is -2.38. The van der Waals surface area contributed by atoms with Crippen LogP contribution in [0.1, 0.15) is 42.4 Å². The summed E-state index contributed by atoms with van der Waals surface area (Å²) in [4.78, 5) is 14.4. The predicted molar refractivity (Wildman–Crippen MR) is 117 cm³/mol. The largest absolute Gasteiger partial charge is 0.491 e. The van der Waals surface area contributed by atoms with Gasteiger partial charge < -0.3 is 14.7 Å². The van der Waals surface area contributed by atoms with Gasteiger partial charge in [-0.1, -0.05) is 23.7 Å². The van der Waals surface area contributed by atoms with Gasteiger partial charge in [-0.05, 0) is 80.5 Å². The first kappa shape index (κ1) is 22.6. The zero-order valence-corrected chi connectivity index (χ0v) is 18.3. The molecule has 3 rings (SSSR count). The third-order valence-electron chi connectivity index (χ3n) is 5.73. The Hall–Kier alpha value is -2.11. The van der Waals surface area contributed by atoms with E-state index in [1.54, 1.807) is 12.1 Å². The van der Waals surface area contributed by atoms with Gasteiger partial charge in [-0.15, -0.1) is 0 Å². The lowest BCUT2D eigenvalue weighted by atomic mass is 9.96. The number of rotatable bonds is 6. The molecule has 4 nitrogen and oxygen atoms in total. The molecule has 0 bridgehead atoms. The average Bonchev–Trinajstić information content (AvgIpc) is 2.92. The van der Waals surface area contributed by atoms with Crippen molar-refractivity contribution in [3.63, 3.8) is 0 Å². The van der Waals surface area contributed by atoms with Crippen LogP contribution in [0, 0.1) is 19.7 Å². The number of nitrogens with zero attached hydrogens (tertiary/aromatic N) is 1. The summed E-state index contributed by atoms with van der Waals surface area (Å²) in [7, 11) is 0. The van der Waals surface area contributed by atoms with Gasteiger partial charge in [0, 0.05) is 24.5 Å². The Morgan fingerprint density at radius 1 is 1.17 bits per heavy atom. The van der Waals surface area contributed by atoms with Gasteiger partial charge in [0.1, 0.15) is 23.8 Å². The van der Waals surface area contributed by atoms with Gasteiger partial charge in [-0.2, -0.15) is 0 Å². The summed E-state index contributed by atoms with van der Waals surface area (Å²) >= 11 is 6.21. The molecule has 0 aromatic heterocycles. The maximum Gasteiger partial charge on any atom is 0.222 e. The molecular formula is C24H29ClFNO3. The van der Waals surface area contributed by atoms with E-state index >= 15 is 0 Å². The molecule has 1 amide bonds. The van der Waals surface area contributed by atoms with Crippen LogP contribution in [-0.4, -0.2) is 41.2 Å². The second kappa shape index (κ2) is 9.80. The maximum absolute atomic E-state index is 13.0. The molecule has 0 spiro atoms. The summed E-state index contributed by atoms with van der Waals surface area (Å²) in [5.41, 5.74) is 1.86. The van der Waals surface area contributed by atoms with Crippen molar-refractivity contribution in [2.45, 2.75) is 51.6 Å². The van der Waals surface area contributed by atoms with Crippen molar-refractivity contribution in [2.75, 3.05) is 19.7 Å². The number of benzene rings is 2. The summed E-state index contributed by atoms with van der Waals surface area (Å²) in [5.74, 6) is 0.482. The number of amides is 1. The fraction of sp³-hybridized carbons (Fsp3) is 0.458. The van der Waals surface area contributed by atoms with Crippen LogP contribution in [-0.2, 0) is 11.2 Å². The van der Waals surface area contributed by atoms with Gasteiger partial charge in [0.2, 0.25) is 5.91 Å². The molecule has 162 valence electrons. The predicted octanol–water partition coefficient (Wildman–Crippen LogP) is 4.85. The van der Waals surface area contributed by atoms with Crippen molar-refractivity contribution >= 4 is 17.5 Å². The van der Waals surface area contributed by atoms with E-state index in [4.69, 9.17) is 16.3 Å². The molecule has 1 unspecified atom stereocenters. The van der Waals surface area contributed by atoms with Gasteiger partial charge >= 0.3 is 0 Å². The summed E-state index contributed by atoms with van der Waals surface area (Å²) in [6.45, 7) is 5.17. The van der Waals surface area contributed by atoms with Gasteiger partial charge in [-0.3, -0.25) is 4.79 Å². The fourth-order valence-corrected chi connectivity index (χ4v) is 3.95. The Balaban J connectivity index is 1.51. The first-order chi connectivity index (χ1) is 14.3. The van der Waals surface area contributed by atoms with Crippen molar-refractivity contribution in [3.8, 4) is 5.75 Å². The molecule has 1 atom stereocenters. The fourth-order valence-electron chi connectivity index (χ4n) is 3.84. The highest BCUT2D eigenvalue weighted by molar-refractivity contribution is 6.32. The number of likely N-dealkylation sites (tertiary alicyclic amines) is 1. The molecule has 30 heavy (non-hydrogen) atoms. The molecular weight excluding hydrogens is 405 g/mol. The quantitative estimate of drug-likeness (QED) is 0.708. The average molecular weight is 434 g/mol. The zero-order valence-electron chi connectivity index (χ0n) is 17.6. The third-order valence-corrected chi connectivity index (χ3v) is 6.32. The number of hydrogen-bond acceptors (Lipinski definition) is 3. The molecule has 0 saturated carbocycles. The summed E-state index contributed by atoms with van der Waals surface area (Å²) in [6.07, 6.45) is 2.74. The van der Waals surface area contributed by atoms with Crippen LogP contribution in [0.15, 0.2) is 36.4 Å². The number of aryl methyl sites for hydroxylation is 3. The Morgan fingerprint density at radius 2 is 1.83 bits per heavy atom. The van der Waals surface area contributed by atoms with E-state index in [0.717, 1.165) is 28.1 Å². The third kappa shape index (κ3) is 5.96. The highest BCUT2D eigenvalue weighted by Crippen LogP contribution is 2.28. The smallest absolute Gasteiger partial charge is 0.222 e. The molecule has 2 aromatic rings. The maximum atomic E-state index is 13.0. The second-order valence-electron chi connectivity index (χ2n) is 8.24. The summed E-state index contributed by atoms with van der Waals surface area (Å²) in [5, 5.41) is 11.7. The van der Waals surface area contributed by atoms with Crippen LogP contribution in [0.2, 0.25) is 5.02 Å². The van der Waals surface area contributed by atoms with Gasteiger partial charge in [0.05, 0.1) is 0 Å². The number of carbonyl (C=O) groups is 1. The lowest BCUT2D eigenvalue weighted by molar-refractivity contribution is -0.131. The van der Waals surface area contributed by atoms with Gasteiger partial charge in [-0.25, -0.2) is 4.39 Å². The summed E-state index contributed by atoms with van der Waals surface area (Å²) in [6, 6.07) is 10.00. The molecule has 1 aliphatic heterocycles. The Bertz CT molecular complexity index is 864. The molecule has 2 aromatic carbocycles. The first-order valence-corrected chi connectivity index (χ1v) is 10.8. The molecule has 1 aliphatic rings. The molecule has 6 heteroatoms. The SMILES string of the molecule is Cc1cc(OCC2(O)CCCN(C(=O)CCc3ccc(F)cc3)CC2)cc(C)c1Cl. The molecule has 0 aliphatic carbocycles. The molecule has 1 N–H and O–H groups in total. The standard InChI is InChI=1S/C24H29ClFNO3/c1-17-14-21(15-18(2)23(17)25)30-16-24(29)10-3-12-27(13-11-24)22(28)9-6-19-4-7-20(26)8-5-19/h4-5,7-8,14-15,29H,3,6,9-13,16H2,1-2H3. The van der Waals surface area contributed by atoms with Crippen molar-refractivity contribution in [2.24, 2.45) is 0 Å². The molecule has 0 radical (unpaired) electrons. The zero-order chi connectivity index (χ0) is 21.7.